The first-order valence-corrected chi connectivity index (χ1v) is 11.7. The molecule has 0 saturated carbocycles. The van der Waals surface area contributed by atoms with Gasteiger partial charge in [0.05, 0.1) is 18.2 Å². The molecule has 0 spiro atoms. The van der Waals surface area contributed by atoms with Crippen molar-refractivity contribution in [3.8, 4) is 22.9 Å². The van der Waals surface area contributed by atoms with Gasteiger partial charge < -0.3 is 14.2 Å². The Morgan fingerprint density at radius 3 is 1.97 bits per heavy atom. The highest BCUT2D eigenvalue weighted by molar-refractivity contribution is 5.87. The number of rotatable bonds is 8. The zero-order valence-electron chi connectivity index (χ0n) is 20.2. The summed E-state index contributed by atoms with van der Waals surface area (Å²) in [6.07, 6.45) is 0. The van der Waals surface area contributed by atoms with Crippen molar-refractivity contribution in [1.82, 2.24) is 9.55 Å². The topological polar surface area (TPSA) is 62.6 Å². The number of ether oxygens (including phenoxy) is 3. The third-order valence-electron chi connectivity index (χ3n) is 5.91. The summed E-state index contributed by atoms with van der Waals surface area (Å²) < 4.78 is 19.1. The van der Waals surface area contributed by atoms with E-state index >= 15 is 0 Å². The summed E-state index contributed by atoms with van der Waals surface area (Å²) in [5.41, 5.74) is 3.14. The molecule has 0 fully saturated rings. The van der Waals surface area contributed by atoms with Gasteiger partial charge in [-0.1, -0.05) is 60.7 Å². The SMILES string of the molecule is COc1c(OCc2ccccc2)ccc2c(=O)n(-c3ccc(OCc4ccccc4)cc3)c(C)nc12. The fourth-order valence-corrected chi connectivity index (χ4v) is 4.10. The van der Waals surface area contributed by atoms with E-state index in [0.29, 0.717) is 47.1 Å². The molecule has 0 saturated heterocycles. The van der Waals surface area contributed by atoms with E-state index in [1.165, 1.54) is 0 Å². The van der Waals surface area contributed by atoms with E-state index in [-0.39, 0.29) is 5.56 Å². The van der Waals surface area contributed by atoms with Crippen molar-refractivity contribution in [2.75, 3.05) is 7.11 Å². The second-order valence-electron chi connectivity index (χ2n) is 8.34. The molecule has 4 aromatic carbocycles. The van der Waals surface area contributed by atoms with E-state index < -0.39 is 0 Å². The Morgan fingerprint density at radius 2 is 1.36 bits per heavy atom. The molecular weight excluding hydrogens is 452 g/mol. The number of hydrogen-bond acceptors (Lipinski definition) is 5. The Balaban J connectivity index is 1.43. The average Bonchev–Trinajstić information content (AvgIpc) is 2.92. The Bertz CT molecular complexity index is 1530. The van der Waals surface area contributed by atoms with Crippen LogP contribution in [0.2, 0.25) is 0 Å². The van der Waals surface area contributed by atoms with E-state index in [4.69, 9.17) is 19.2 Å². The smallest absolute Gasteiger partial charge is 0.266 e. The third-order valence-corrected chi connectivity index (χ3v) is 5.91. The van der Waals surface area contributed by atoms with Crippen molar-refractivity contribution >= 4 is 10.9 Å². The van der Waals surface area contributed by atoms with Crippen molar-refractivity contribution in [1.29, 1.82) is 0 Å². The number of nitrogens with zero attached hydrogens (tertiary/aromatic N) is 2. The molecule has 0 aliphatic carbocycles. The zero-order valence-corrected chi connectivity index (χ0v) is 20.2. The number of fused-ring (bicyclic) bond motifs is 1. The normalized spacial score (nSPS) is 10.8. The fourth-order valence-electron chi connectivity index (χ4n) is 4.10. The third kappa shape index (κ3) is 4.79. The molecule has 0 unspecified atom stereocenters. The molecule has 5 rings (SSSR count). The maximum Gasteiger partial charge on any atom is 0.266 e. The summed E-state index contributed by atoms with van der Waals surface area (Å²) in [5, 5.41) is 0.453. The van der Waals surface area contributed by atoms with Crippen molar-refractivity contribution in [2.24, 2.45) is 0 Å². The molecule has 1 heterocycles. The largest absolute Gasteiger partial charge is 0.491 e. The molecule has 0 atom stereocenters. The Labute approximate surface area is 209 Å². The number of aromatic nitrogens is 2. The van der Waals surface area contributed by atoms with Crippen LogP contribution in [0.25, 0.3) is 16.6 Å². The van der Waals surface area contributed by atoms with Crippen LogP contribution < -0.4 is 19.8 Å². The monoisotopic (exact) mass is 478 g/mol. The molecule has 1 aromatic heterocycles. The molecule has 0 N–H and O–H groups in total. The summed E-state index contributed by atoms with van der Waals surface area (Å²) in [7, 11) is 1.56. The molecule has 5 aromatic rings. The van der Waals surface area contributed by atoms with Crippen LogP contribution in [0.5, 0.6) is 17.2 Å². The Morgan fingerprint density at radius 1 is 0.750 bits per heavy atom. The van der Waals surface area contributed by atoms with E-state index in [1.54, 1.807) is 30.7 Å². The van der Waals surface area contributed by atoms with Gasteiger partial charge in [0.15, 0.2) is 11.5 Å². The lowest BCUT2D eigenvalue weighted by atomic mass is 10.2. The summed E-state index contributed by atoms with van der Waals surface area (Å²) in [6, 6.07) is 30.8. The van der Waals surface area contributed by atoms with E-state index in [0.717, 1.165) is 16.9 Å². The fraction of sp³-hybridized carbons (Fsp3) is 0.133. The average molecular weight is 479 g/mol. The quantitative estimate of drug-likeness (QED) is 0.280. The van der Waals surface area contributed by atoms with Crippen molar-refractivity contribution < 1.29 is 14.2 Å². The number of aryl methyl sites for hydroxylation is 1. The summed E-state index contributed by atoms with van der Waals surface area (Å²) in [6.45, 7) is 2.67. The van der Waals surface area contributed by atoms with Crippen LogP contribution in [0.3, 0.4) is 0 Å². The minimum Gasteiger partial charge on any atom is -0.491 e. The minimum atomic E-state index is -0.177. The molecule has 0 aliphatic rings. The molecule has 0 radical (unpaired) electrons. The summed E-state index contributed by atoms with van der Waals surface area (Å²) >= 11 is 0. The molecule has 36 heavy (non-hydrogen) atoms. The first kappa shape index (κ1) is 23.2. The standard InChI is InChI=1S/C30H26N2O4/c1-21-31-28-26(17-18-27(29(28)34-2)36-20-23-11-7-4-8-12-23)30(33)32(21)24-13-15-25(16-14-24)35-19-22-9-5-3-6-10-22/h3-18H,19-20H2,1-2H3. The van der Waals surface area contributed by atoms with Gasteiger partial charge >= 0.3 is 0 Å². The highest BCUT2D eigenvalue weighted by Gasteiger charge is 2.17. The van der Waals surface area contributed by atoms with Gasteiger partial charge in [0.1, 0.15) is 30.3 Å². The molecule has 6 heteroatoms. The lowest BCUT2D eigenvalue weighted by molar-refractivity contribution is 0.286. The second kappa shape index (κ2) is 10.4. The molecule has 0 amide bonds. The Kier molecular flexibility index (Phi) is 6.67. The van der Waals surface area contributed by atoms with Gasteiger partial charge in [-0.3, -0.25) is 9.36 Å². The molecular formula is C30H26N2O4. The van der Waals surface area contributed by atoms with Gasteiger partial charge in [0, 0.05) is 0 Å². The van der Waals surface area contributed by atoms with Gasteiger partial charge in [0.2, 0.25) is 0 Å². The van der Waals surface area contributed by atoms with Crippen LogP contribution in [0, 0.1) is 6.92 Å². The van der Waals surface area contributed by atoms with Crippen LogP contribution in [0.15, 0.2) is 102 Å². The highest BCUT2D eigenvalue weighted by Crippen LogP contribution is 2.34. The van der Waals surface area contributed by atoms with Gasteiger partial charge in [-0.05, 0) is 54.4 Å². The molecule has 0 aliphatic heterocycles. The molecule has 0 bridgehead atoms. The molecule has 180 valence electrons. The number of hydrogen-bond donors (Lipinski definition) is 0. The van der Waals surface area contributed by atoms with E-state index in [2.05, 4.69) is 0 Å². The lowest BCUT2D eigenvalue weighted by Gasteiger charge is -2.16. The van der Waals surface area contributed by atoms with Gasteiger partial charge in [-0.15, -0.1) is 0 Å². The molecule has 6 nitrogen and oxygen atoms in total. The van der Waals surface area contributed by atoms with Crippen molar-refractivity contribution in [3.05, 3.63) is 124 Å². The summed E-state index contributed by atoms with van der Waals surface area (Å²) in [5.74, 6) is 2.26. The first-order chi connectivity index (χ1) is 17.6. The lowest BCUT2D eigenvalue weighted by Crippen LogP contribution is -2.22. The van der Waals surface area contributed by atoms with Crippen LogP contribution in [0.1, 0.15) is 17.0 Å². The zero-order chi connectivity index (χ0) is 24.9. The van der Waals surface area contributed by atoms with Crippen LogP contribution in [-0.2, 0) is 13.2 Å². The Hall–Kier alpha value is -4.58. The van der Waals surface area contributed by atoms with Gasteiger partial charge in [-0.2, -0.15) is 0 Å². The maximum atomic E-state index is 13.5. The highest BCUT2D eigenvalue weighted by atomic mass is 16.5. The van der Waals surface area contributed by atoms with E-state index in [9.17, 15) is 4.79 Å². The van der Waals surface area contributed by atoms with Crippen LogP contribution in [0.4, 0.5) is 0 Å². The van der Waals surface area contributed by atoms with Gasteiger partial charge in [-0.25, -0.2) is 4.98 Å². The minimum absolute atomic E-state index is 0.177. The predicted octanol–water partition coefficient (Wildman–Crippen LogP) is 5.86. The predicted molar refractivity (Wildman–Crippen MR) is 140 cm³/mol. The second-order valence-corrected chi connectivity index (χ2v) is 8.34. The van der Waals surface area contributed by atoms with Crippen molar-refractivity contribution in [3.63, 3.8) is 0 Å². The van der Waals surface area contributed by atoms with Crippen LogP contribution >= 0.6 is 0 Å². The first-order valence-electron chi connectivity index (χ1n) is 11.7. The maximum absolute atomic E-state index is 13.5. The number of benzene rings is 4. The van der Waals surface area contributed by atoms with Crippen LogP contribution in [-0.4, -0.2) is 16.7 Å². The van der Waals surface area contributed by atoms with Gasteiger partial charge in [0.25, 0.3) is 5.56 Å². The van der Waals surface area contributed by atoms with E-state index in [1.807, 2.05) is 84.9 Å². The summed E-state index contributed by atoms with van der Waals surface area (Å²) in [4.78, 5) is 18.2. The number of methoxy groups -OCH3 is 1. The van der Waals surface area contributed by atoms with Crippen molar-refractivity contribution in [2.45, 2.75) is 20.1 Å².